The van der Waals surface area contributed by atoms with Gasteiger partial charge in [-0.2, -0.15) is 0 Å². The molecule has 0 saturated heterocycles. The van der Waals surface area contributed by atoms with E-state index in [1.807, 2.05) is 23.3 Å². The summed E-state index contributed by atoms with van der Waals surface area (Å²) >= 11 is 1.74. The van der Waals surface area contributed by atoms with E-state index in [0.29, 0.717) is 5.88 Å². The largest absolute Gasteiger partial charge is 0.497 e. The lowest BCUT2D eigenvalue weighted by molar-refractivity contribution is -0.118. The van der Waals surface area contributed by atoms with Gasteiger partial charge in [-0.1, -0.05) is 12.1 Å². The molecule has 2 aromatic rings. The highest BCUT2D eigenvalue weighted by Crippen LogP contribution is 2.34. The van der Waals surface area contributed by atoms with Crippen LogP contribution in [-0.2, 0) is 11.3 Å². The van der Waals surface area contributed by atoms with E-state index in [1.165, 1.54) is 16.0 Å². The Morgan fingerprint density at radius 3 is 2.68 bits per heavy atom. The van der Waals surface area contributed by atoms with Crippen LogP contribution in [0, 0.1) is 6.92 Å². The van der Waals surface area contributed by atoms with E-state index < -0.39 is 0 Å². The van der Waals surface area contributed by atoms with E-state index >= 15 is 0 Å². The lowest BCUT2D eigenvalue weighted by atomic mass is 10.1. The average molecular weight is 316 g/mol. The third-order valence-corrected chi connectivity index (χ3v) is 4.89. The van der Waals surface area contributed by atoms with E-state index in [2.05, 4.69) is 30.5 Å². The summed E-state index contributed by atoms with van der Waals surface area (Å²) in [6, 6.07) is 10.4. The van der Waals surface area contributed by atoms with Crippen molar-refractivity contribution >= 4 is 11.3 Å². The number of hydroxylamine groups is 2. The summed E-state index contributed by atoms with van der Waals surface area (Å²) in [4.78, 5) is 6.96. The number of hydrogen-bond donors (Lipinski definition) is 1. The van der Waals surface area contributed by atoms with Crippen molar-refractivity contribution in [3.05, 3.63) is 63.7 Å². The second kappa shape index (κ2) is 6.42. The van der Waals surface area contributed by atoms with Gasteiger partial charge in [0, 0.05) is 17.5 Å². The van der Waals surface area contributed by atoms with Crippen LogP contribution >= 0.6 is 11.3 Å². The zero-order valence-corrected chi connectivity index (χ0v) is 13.6. The highest BCUT2D eigenvalue weighted by molar-refractivity contribution is 7.10. The molecule has 5 heteroatoms. The number of thiophene rings is 1. The molecular weight excluding hydrogens is 296 g/mol. The minimum atomic E-state index is 0.109. The summed E-state index contributed by atoms with van der Waals surface area (Å²) in [5.74, 6) is 1.35. The van der Waals surface area contributed by atoms with Crippen molar-refractivity contribution in [1.82, 2.24) is 5.06 Å². The average Bonchev–Trinajstić information content (AvgIpc) is 3.11. The van der Waals surface area contributed by atoms with Gasteiger partial charge in [0.2, 0.25) is 5.88 Å². The minimum absolute atomic E-state index is 0.109. The third kappa shape index (κ3) is 3.10. The van der Waals surface area contributed by atoms with Crippen molar-refractivity contribution in [2.45, 2.75) is 19.4 Å². The Hall–Kier alpha value is -1.98. The Balaban J connectivity index is 1.67. The molecule has 0 spiro atoms. The Morgan fingerprint density at radius 1 is 1.27 bits per heavy atom. The van der Waals surface area contributed by atoms with Gasteiger partial charge < -0.3 is 15.3 Å². The topological polar surface area (TPSA) is 47.7 Å². The smallest absolute Gasteiger partial charge is 0.207 e. The molecule has 0 amide bonds. The number of ether oxygens (including phenoxy) is 1. The van der Waals surface area contributed by atoms with Gasteiger partial charge in [0.05, 0.1) is 7.11 Å². The summed E-state index contributed by atoms with van der Waals surface area (Å²) in [5.41, 5.74) is 8.39. The molecule has 22 heavy (non-hydrogen) atoms. The molecule has 3 rings (SSSR count). The first kappa shape index (κ1) is 14.9. The molecule has 1 aromatic heterocycles. The summed E-state index contributed by atoms with van der Waals surface area (Å²) in [6.45, 7) is 2.90. The number of benzene rings is 1. The Morgan fingerprint density at radius 2 is 2.05 bits per heavy atom. The van der Waals surface area contributed by atoms with Crippen LogP contribution < -0.4 is 10.5 Å². The normalized spacial score (nSPS) is 18.1. The van der Waals surface area contributed by atoms with Crippen molar-refractivity contribution in [2.24, 2.45) is 5.73 Å². The van der Waals surface area contributed by atoms with Gasteiger partial charge >= 0.3 is 0 Å². The second-order valence-electron chi connectivity index (χ2n) is 5.31. The van der Waals surface area contributed by atoms with E-state index in [0.717, 1.165) is 18.7 Å². The maximum Gasteiger partial charge on any atom is 0.207 e. The van der Waals surface area contributed by atoms with Crippen LogP contribution in [0.2, 0.25) is 0 Å². The van der Waals surface area contributed by atoms with Crippen molar-refractivity contribution < 1.29 is 9.57 Å². The minimum Gasteiger partial charge on any atom is -0.497 e. The van der Waals surface area contributed by atoms with Crippen LogP contribution in [0.15, 0.2) is 47.7 Å². The lowest BCUT2D eigenvalue weighted by Gasteiger charge is -2.22. The molecule has 4 nitrogen and oxygen atoms in total. The second-order valence-corrected chi connectivity index (χ2v) is 6.26. The van der Waals surface area contributed by atoms with Crippen molar-refractivity contribution in [1.29, 1.82) is 0 Å². The number of methoxy groups -OCH3 is 1. The Bertz CT molecular complexity index is 664. The van der Waals surface area contributed by atoms with Crippen LogP contribution in [0.1, 0.15) is 22.0 Å². The molecule has 0 bridgehead atoms. The molecule has 0 radical (unpaired) electrons. The molecular formula is C17H20N2O2S. The Labute approximate surface area is 134 Å². The molecule has 0 fully saturated rings. The zero-order chi connectivity index (χ0) is 15.5. The summed E-state index contributed by atoms with van der Waals surface area (Å²) in [6.07, 6.45) is 2.87. The first-order chi connectivity index (χ1) is 10.7. The van der Waals surface area contributed by atoms with Crippen molar-refractivity contribution in [2.75, 3.05) is 13.7 Å². The molecule has 1 atom stereocenters. The highest BCUT2D eigenvalue weighted by atomic mass is 32.1. The van der Waals surface area contributed by atoms with Crippen molar-refractivity contribution in [3.63, 3.8) is 0 Å². The van der Waals surface area contributed by atoms with Gasteiger partial charge in [-0.25, -0.2) is 0 Å². The monoisotopic (exact) mass is 316 g/mol. The fourth-order valence-electron chi connectivity index (χ4n) is 2.57. The van der Waals surface area contributed by atoms with E-state index in [1.54, 1.807) is 18.4 Å². The quantitative estimate of drug-likeness (QED) is 0.918. The van der Waals surface area contributed by atoms with E-state index in [4.69, 9.17) is 15.3 Å². The molecule has 0 aliphatic carbocycles. The fraction of sp³-hybridized carbons (Fsp3) is 0.294. The molecule has 1 unspecified atom stereocenters. The summed E-state index contributed by atoms with van der Waals surface area (Å²) < 4.78 is 5.18. The van der Waals surface area contributed by atoms with Gasteiger partial charge in [0.15, 0.2) is 0 Å². The number of rotatable bonds is 5. The van der Waals surface area contributed by atoms with Crippen LogP contribution in [0.4, 0.5) is 0 Å². The predicted molar refractivity (Wildman–Crippen MR) is 88.6 cm³/mol. The lowest BCUT2D eigenvalue weighted by Crippen LogP contribution is -2.26. The standard InChI is InChI=1S/C17H20N2O2S/c1-12-8-10-22-17(12)15-11-16(18)21-19(15)9-7-13-3-5-14(20-2)6-4-13/h3-6,8,10-11,15H,7,9,18H2,1-2H3. The first-order valence-electron chi connectivity index (χ1n) is 7.26. The third-order valence-electron chi connectivity index (χ3n) is 3.81. The number of nitrogens with two attached hydrogens (primary N) is 1. The molecule has 116 valence electrons. The maximum absolute atomic E-state index is 5.86. The molecule has 2 heterocycles. The maximum atomic E-state index is 5.86. The summed E-state index contributed by atoms with van der Waals surface area (Å²) in [5, 5.41) is 4.06. The number of aryl methyl sites for hydroxylation is 1. The van der Waals surface area contributed by atoms with Gasteiger partial charge in [-0.3, -0.25) is 0 Å². The first-order valence-corrected chi connectivity index (χ1v) is 8.14. The Kier molecular flexibility index (Phi) is 4.36. The van der Waals surface area contributed by atoms with Gasteiger partial charge in [0.25, 0.3) is 0 Å². The van der Waals surface area contributed by atoms with E-state index in [9.17, 15) is 0 Å². The zero-order valence-electron chi connectivity index (χ0n) is 12.8. The SMILES string of the molecule is COc1ccc(CCN2OC(N)=CC2c2sccc2C)cc1. The number of hydrogen-bond acceptors (Lipinski definition) is 5. The molecule has 1 aromatic carbocycles. The molecule has 0 saturated carbocycles. The number of nitrogens with zero attached hydrogens (tertiary/aromatic N) is 1. The fourth-order valence-corrected chi connectivity index (χ4v) is 3.57. The van der Waals surface area contributed by atoms with E-state index in [-0.39, 0.29) is 6.04 Å². The van der Waals surface area contributed by atoms with Crippen molar-refractivity contribution in [3.8, 4) is 5.75 Å². The van der Waals surface area contributed by atoms with Gasteiger partial charge in [-0.15, -0.1) is 16.4 Å². The molecule has 1 aliphatic rings. The van der Waals surface area contributed by atoms with Gasteiger partial charge in [-0.05, 0) is 48.1 Å². The highest BCUT2D eigenvalue weighted by Gasteiger charge is 2.28. The van der Waals surface area contributed by atoms with Crippen LogP contribution in [0.3, 0.4) is 0 Å². The van der Waals surface area contributed by atoms with Crippen LogP contribution in [0.25, 0.3) is 0 Å². The summed E-state index contributed by atoms with van der Waals surface area (Å²) in [7, 11) is 1.68. The van der Waals surface area contributed by atoms with Crippen LogP contribution in [-0.4, -0.2) is 18.7 Å². The predicted octanol–water partition coefficient (Wildman–Crippen LogP) is 3.40. The van der Waals surface area contributed by atoms with Crippen LogP contribution in [0.5, 0.6) is 5.75 Å². The molecule has 1 aliphatic heterocycles. The van der Waals surface area contributed by atoms with Gasteiger partial charge in [0.1, 0.15) is 11.8 Å². The molecule has 2 N–H and O–H groups in total.